The summed E-state index contributed by atoms with van der Waals surface area (Å²) in [5, 5.41) is 6.96. The maximum absolute atomic E-state index is 12.1. The molecule has 2 N–H and O–H groups in total. The van der Waals surface area contributed by atoms with Crippen LogP contribution in [0, 0.1) is 5.92 Å². The van der Waals surface area contributed by atoms with Crippen LogP contribution in [0.5, 0.6) is 0 Å². The number of benzene rings is 1. The SMILES string of the molecule is CNCCC1CCN(CCC(=O)Nc2c(Cl)cccc2Cl)CC1.Cl. The van der Waals surface area contributed by atoms with Crippen molar-refractivity contribution in [3.05, 3.63) is 28.2 Å². The molecule has 0 radical (unpaired) electrons. The van der Waals surface area contributed by atoms with E-state index >= 15 is 0 Å². The number of para-hydroxylation sites is 1. The zero-order chi connectivity index (χ0) is 16.7. The molecule has 0 bridgehead atoms. The van der Waals surface area contributed by atoms with Gasteiger partial charge in [0.1, 0.15) is 0 Å². The third-order valence-corrected chi connectivity index (χ3v) is 5.02. The van der Waals surface area contributed by atoms with Gasteiger partial charge in [-0.3, -0.25) is 4.79 Å². The molecule has 1 aliphatic rings. The monoisotopic (exact) mass is 393 g/mol. The average molecular weight is 395 g/mol. The van der Waals surface area contributed by atoms with Crippen molar-refractivity contribution >= 4 is 47.2 Å². The Balaban J connectivity index is 0.00000288. The van der Waals surface area contributed by atoms with Gasteiger partial charge in [-0.05, 0) is 64.0 Å². The molecule has 1 amide bonds. The molecular weight excluding hydrogens is 369 g/mol. The number of amides is 1. The van der Waals surface area contributed by atoms with Gasteiger partial charge in [0.25, 0.3) is 0 Å². The summed E-state index contributed by atoms with van der Waals surface area (Å²) in [6, 6.07) is 5.20. The number of nitrogens with one attached hydrogen (secondary N) is 2. The average Bonchev–Trinajstić information content (AvgIpc) is 2.55. The number of piperidine rings is 1. The normalized spacial score (nSPS) is 15.8. The summed E-state index contributed by atoms with van der Waals surface area (Å²) in [4.78, 5) is 14.5. The Hall–Kier alpha value is -0.520. The number of rotatable bonds is 7. The highest BCUT2D eigenvalue weighted by Crippen LogP contribution is 2.29. The number of hydrogen-bond acceptors (Lipinski definition) is 3. The molecule has 7 heteroatoms. The fourth-order valence-corrected chi connectivity index (χ4v) is 3.42. The summed E-state index contributed by atoms with van der Waals surface area (Å²) in [6.07, 6.45) is 4.15. The van der Waals surface area contributed by atoms with Crippen molar-refractivity contribution in [3.63, 3.8) is 0 Å². The lowest BCUT2D eigenvalue weighted by Crippen LogP contribution is -2.36. The topological polar surface area (TPSA) is 44.4 Å². The molecular formula is C17H26Cl3N3O. The van der Waals surface area contributed by atoms with Crippen molar-refractivity contribution in [1.29, 1.82) is 0 Å². The summed E-state index contributed by atoms with van der Waals surface area (Å²) in [5.41, 5.74) is 0.506. The van der Waals surface area contributed by atoms with Gasteiger partial charge in [0, 0.05) is 13.0 Å². The van der Waals surface area contributed by atoms with E-state index < -0.39 is 0 Å². The molecule has 4 nitrogen and oxygen atoms in total. The molecule has 1 heterocycles. The minimum atomic E-state index is -0.0442. The molecule has 0 atom stereocenters. The van der Waals surface area contributed by atoms with E-state index in [1.165, 1.54) is 19.3 Å². The van der Waals surface area contributed by atoms with Crippen LogP contribution in [0.3, 0.4) is 0 Å². The first kappa shape index (κ1) is 21.5. The van der Waals surface area contributed by atoms with Gasteiger partial charge in [0.15, 0.2) is 0 Å². The van der Waals surface area contributed by atoms with Crippen LogP contribution < -0.4 is 10.6 Å². The van der Waals surface area contributed by atoms with Crippen molar-refractivity contribution in [2.45, 2.75) is 25.7 Å². The molecule has 24 heavy (non-hydrogen) atoms. The molecule has 0 aliphatic carbocycles. The van der Waals surface area contributed by atoms with Crippen molar-refractivity contribution in [2.24, 2.45) is 5.92 Å². The molecule has 0 saturated carbocycles. The van der Waals surface area contributed by atoms with Crippen molar-refractivity contribution in [2.75, 3.05) is 38.5 Å². The second-order valence-electron chi connectivity index (χ2n) is 6.07. The van der Waals surface area contributed by atoms with Gasteiger partial charge in [-0.25, -0.2) is 0 Å². The van der Waals surface area contributed by atoms with Crippen LogP contribution in [0.1, 0.15) is 25.7 Å². The summed E-state index contributed by atoms with van der Waals surface area (Å²) >= 11 is 12.1. The number of carbonyl (C=O) groups excluding carboxylic acids is 1. The highest BCUT2D eigenvalue weighted by molar-refractivity contribution is 6.39. The van der Waals surface area contributed by atoms with E-state index in [9.17, 15) is 4.79 Å². The Morgan fingerprint density at radius 3 is 2.46 bits per heavy atom. The Labute approximate surface area is 160 Å². The van der Waals surface area contributed by atoms with Gasteiger partial charge in [-0.15, -0.1) is 12.4 Å². The van der Waals surface area contributed by atoms with E-state index in [4.69, 9.17) is 23.2 Å². The summed E-state index contributed by atoms with van der Waals surface area (Å²) in [5.74, 6) is 0.770. The fourth-order valence-electron chi connectivity index (χ4n) is 2.93. The maximum atomic E-state index is 12.1. The lowest BCUT2D eigenvalue weighted by Gasteiger charge is -2.31. The van der Waals surface area contributed by atoms with E-state index in [0.29, 0.717) is 22.2 Å². The Morgan fingerprint density at radius 1 is 1.25 bits per heavy atom. The standard InChI is InChI=1S/C17H25Cl2N3O.ClH/c1-20-9-5-13-6-10-22(11-7-13)12-8-16(23)21-17-14(18)3-2-4-15(17)19;/h2-4,13,20H,5-12H2,1H3,(H,21,23);1H. The summed E-state index contributed by atoms with van der Waals surface area (Å²) in [6.45, 7) is 4.03. The number of halogens is 3. The molecule has 0 aromatic heterocycles. The van der Waals surface area contributed by atoms with Crippen molar-refractivity contribution in [3.8, 4) is 0 Å². The number of hydrogen-bond donors (Lipinski definition) is 2. The molecule has 1 aromatic rings. The number of likely N-dealkylation sites (tertiary alicyclic amines) is 1. The van der Waals surface area contributed by atoms with Crippen LogP contribution in [-0.4, -0.2) is 44.0 Å². The van der Waals surface area contributed by atoms with Crippen molar-refractivity contribution in [1.82, 2.24) is 10.2 Å². The first-order valence-corrected chi connectivity index (χ1v) is 8.96. The van der Waals surface area contributed by atoms with E-state index in [1.54, 1.807) is 18.2 Å². The molecule has 0 spiro atoms. The van der Waals surface area contributed by atoms with Crippen LogP contribution >= 0.6 is 35.6 Å². The number of carbonyl (C=O) groups is 1. The first-order valence-electron chi connectivity index (χ1n) is 8.21. The summed E-state index contributed by atoms with van der Waals surface area (Å²) < 4.78 is 0. The second kappa shape index (κ2) is 11.2. The number of anilines is 1. The highest BCUT2D eigenvalue weighted by atomic mass is 35.5. The van der Waals surface area contributed by atoms with E-state index in [-0.39, 0.29) is 18.3 Å². The quantitative estimate of drug-likeness (QED) is 0.733. The Morgan fingerprint density at radius 2 is 1.88 bits per heavy atom. The zero-order valence-corrected chi connectivity index (χ0v) is 16.3. The van der Waals surface area contributed by atoms with Gasteiger partial charge >= 0.3 is 0 Å². The zero-order valence-electron chi connectivity index (χ0n) is 14.0. The van der Waals surface area contributed by atoms with Gasteiger partial charge in [-0.2, -0.15) is 0 Å². The minimum absolute atomic E-state index is 0. The van der Waals surface area contributed by atoms with Crippen molar-refractivity contribution < 1.29 is 4.79 Å². The van der Waals surface area contributed by atoms with Gasteiger partial charge in [0.05, 0.1) is 15.7 Å². The van der Waals surface area contributed by atoms with E-state index in [2.05, 4.69) is 15.5 Å². The fraction of sp³-hybridized carbons (Fsp3) is 0.588. The van der Waals surface area contributed by atoms with Gasteiger partial charge < -0.3 is 15.5 Å². The van der Waals surface area contributed by atoms with Crippen LogP contribution in [0.4, 0.5) is 5.69 Å². The second-order valence-corrected chi connectivity index (χ2v) is 6.89. The third-order valence-electron chi connectivity index (χ3n) is 4.39. The van der Waals surface area contributed by atoms with Crippen LogP contribution in [0.25, 0.3) is 0 Å². The molecule has 0 unspecified atom stereocenters. The minimum Gasteiger partial charge on any atom is -0.324 e. The lowest BCUT2D eigenvalue weighted by atomic mass is 9.93. The molecule has 1 fully saturated rings. The summed E-state index contributed by atoms with van der Waals surface area (Å²) in [7, 11) is 2.00. The largest absolute Gasteiger partial charge is 0.324 e. The Kier molecular flexibility index (Phi) is 10.0. The van der Waals surface area contributed by atoms with Crippen LogP contribution in [0.2, 0.25) is 10.0 Å². The molecule has 1 aromatic carbocycles. The molecule has 1 aliphatic heterocycles. The number of nitrogens with zero attached hydrogens (tertiary/aromatic N) is 1. The molecule has 136 valence electrons. The maximum Gasteiger partial charge on any atom is 0.225 e. The first-order chi connectivity index (χ1) is 11.1. The molecule has 2 rings (SSSR count). The predicted octanol–water partition coefficient (Wildman–Crippen LogP) is 4.07. The van der Waals surface area contributed by atoms with Gasteiger partial charge in [-0.1, -0.05) is 29.3 Å². The van der Waals surface area contributed by atoms with E-state index in [1.807, 2.05) is 7.05 Å². The van der Waals surface area contributed by atoms with Crippen LogP contribution in [0.15, 0.2) is 18.2 Å². The van der Waals surface area contributed by atoms with Gasteiger partial charge in [0.2, 0.25) is 5.91 Å². The Bertz CT molecular complexity index is 500. The van der Waals surface area contributed by atoms with Crippen LogP contribution in [-0.2, 0) is 4.79 Å². The van der Waals surface area contributed by atoms with E-state index in [0.717, 1.165) is 32.1 Å². The third kappa shape index (κ3) is 6.77. The highest BCUT2D eigenvalue weighted by Gasteiger charge is 2.19. The predicted molar refractivity (Wildman–Crippen MR) is 105 cm³/mol. The lowest BCUT2D eigenvalue weighted by molar-refractivity contribution is -0.116. The molecule has 1 saturated heterocycles. The smallest absolute Gasteiger partial charge is 0.225 e.